The summed E-state index contributed by atoms with van der Waals surface area (Å²) in [5.41, 5.74) is 1.52. The van der Waals surface area contributed by atoms with Crippen LogP contribution in [0.2, 0.25) is 0 Å². The maximum Gasteiger partial charge on any atom is 0.248 e. The largest absolute Gasteiger partial charge is 0.323 e. The smallest absolute Gasteiger partial charge is 0.248 e. The van der Waals surface area contributed by atoms with E-state index in [-0.39, 0.29) is 10.8 Å². The lowest BCUT2D eigenvalue weighted by atomic mass is 10.3. The molecule has 0 atom stereocenters. The molecule has 2 rings (SSSR count). The van der Waals surface area contributed by atoms with Crippen LogP contribution >= 0.6 is 11.3 Å². The van der Waals surface area contributed by atoms with E-state index in [1.165, 1.54) is 18.2 Å². The van der Waals surface area contributed by atoms with Crippen molar-refractivity contribution in [2.45, 2.75) is 4.90 Å². The van der Waals surface area contributed by atoms with Gasteiger partial charge in [-0.1, -0.05) is 0 Å². The molecule has 1 amide bonds. The Morgan fingerprint density at radius 3 is 2.45 bits per heavy atom. The standard InChI is InChI=1S/C14H13NO3S2/c1-20(17,18)13-5-3-12(4-6-13)15-14(16)7-2-11-8-9-19-10-11/h2-10H,1H3,(H,15,16)/b7-2+. The highest BCUT2D eigenvalue weighted by Gasteiger charge is 2.06. The van der Waals surface area contributed by atoms with Gasteiger partial charge in [-0.05, 0) is 52.7 Å². The zero-order chi connectivity index (χ0) is 14.6. The van der Waals surface area contributed by atoms with Gasteiger partial charge in [-0.2, -0.15) is 11.3 Å². The molecular weight excluding hydrogens is 294 g/mol. The van der Waals surface area contributed by atoms with Crippen molar-refractivity contribution < 1.29 is 13.2 Å². The highest BCUT2D eigenvalue weighted by molar-refractivity contribution is 7.90. The molecule has 2 aromatic rings. The molecule has 0 aliphatic rings. The fraction of sp³-hybridized carbons (Fsp3) is 0.0714. The number of anilines is 1. The van der Waals surface area contributed by atoms with E-state index >= 15 is 0 Å². The lowest BCUT2D eigenvalue weighted by molar-refractivity contribution is -0.111. The van der Waals surface area contributed by atoms with Gasteiger partial charge in [0.25, 0.3) is 0 Å². The minimum Gasteiger partial charge on any atom is -0.323 e. The van der Waals surface area contributed by atoms with Crippen molar-refractivity contribution in [3.8, 4) is 0 Å². The number of sulfone groups is 1. The fourth-order valence-electron chi connectivity index (χ4n) is 1.51. The van der Waals surface area contributed by atoms with Gasteiger partial charge in [-0.15, -0.1) is 0 Å². The highest BCUT2D eigenvalue weighted by Crippen LogP contribution is 2.14. The lowest BCUT2D eigenvalue weighted by Gasteiger charge is -2.03. The molecule has 0 saturated heterocycles. The molecule has 1 aromatic carbocycles. The minimum atomic E-state index is -3.21. The van der Waals surface area contributed by atoms with Gasteiger partial charge in [0.1, 0.15) is 0 Å². The summed E-state index contributed by atoms with van der Waals surface area (Å²) in [6.07, 6.45) is 4.30. The van der Waals surface area contributed by atoms with Gasteiger partial charge in [-0.25, -0.2) is 8.42 Å². The Balaban J connectivity index is 2.01. The van der Waals surface area contributed by atoms with Crippen molar-refractivity contribution in [1.29, 1.82) is 0 Å². The van der Waals surface area contributed by atoms with E-state index in [4.69, 9.17) is 0 Å². The van der Waals surface area contributed by atoms with Crippen molar-refractivity contribution in [1.82, 2.24) is 0 Å². The van der Waals surface area contributed by atoms with Crippen molar-refractivity contribution in [2.75, 3.05) is 11.6 Å². The molecule has 0 radical (unpaired) electrons. The first-order valence-electron chi connectivity index (χ1n) is 5.76. The van der Waals surface area contributed by atoms with Gasteiger partial charge >= 0.3 is 0 Å². The summed E-state index contributed by atoms with van der Waals surface area (Å²) >= 11 is 1.56. The van der Waals surface area contributed by atoms with Crippen molar-refractivity contribution >= 4 is 38.8 Å². The molecule has 0 unspecified atom stereocenters. The molecule has 0 fully saturated rings. The Bertz CT molecular complexity index is 714. The first kappa shape index (κ1) is 14.5. The van der Waals surface area contributed by atoms with E-state index in [0.717, 1.165) is 11.8 Å². The van der Waals surface area contributed by atoms with Crippen LogP contribution in [-0.2, 0) is 14.6 Å². The Kier molecular flexibility index (Phi) is 4.36. The predicted molar refractivity (Wildman–Crippen MR) is 81.5 cm³/mol. The van der Waals surface area contributed by atoms with Gasteiger partial charge in [-0.3, -0.25) is 4.79 Å². The summed E-state index contributed by atoms with van der Waals surface area (Å²) in [6.45, 7) is 0. The molecular formula is C14H13NO3S2. The van der Waals surface area contributed by atoms with Crippen LogP contribution in [0.15, 0.2) is 52.1 Å². The first-order valence-corrected chi connectivity index (χ1v) is 8.60. The Labute approximate surface area is 121 Å². The number of carbonyl (C=O) groups excluding carboxylic acids is 1. The maximum atomic E-state index is 11.7. The molecule has 1 N–H and O–H groups in total. The van der Waals surface area contributed by atoms with Crippen molar-refractivity contribution in [3.63, 3.8) is 0 Å². The van der Waals surface area contributed by atoms with Gasteiger partial charge in [0.2, 0.25) is 5.91 Å². The Morgan fingerprint density at radius 2 is 1.90 bits per heavy atom. The van der Waals surface area contributed by atoms with E-state index in [9.17, 15) is 13.2 Å². The number of benzene rings is 1. The predicted octanol–water partition coefficient (Wildman–Crippen LogP) is 2.80. The third-order valence-corrected chi connectivity index (χ3v) is 4.35. The number of hydrogen-bond acceptors (Lipinski definition) is 4. The molecule has 0 aliphatic heterocycles. The van der Waals surface area contributed by atoms with Crippen LogP contribution < -0.4 is 5.32 Å². The van der Waals surface area contributed by atoms with Crippen LogP contribution in [-0.4, -0.2) is 20.6 Å². The summed E-state index contributed by atoms with van der Waals surface area (Å²) in [7, 11) is -3.21. The van der Waals surface area contributed by atoms with E-state index in [1.54, 1.807) is 29.5 Å². The van der Waals surface area contributed by atoms with Gasteiger partial charge in [0.15, 0.2) is 9.84 Å². The van der Waals surface area contributed by atoms with Crippen LogP contribution in [0.5, 0.6) is 0 Å². The van der Waals surface area contributed by atoms with Crippen LogP contribution in [0, 0.1) is 0 Å². The third kappa shape index (κ3) is 4.04. The maximum absolute atomic E-state index is 11.7. The molecule has 1 aromatic heterocycles. The van der Waals surface area contributed by atoms with Crippen LogP contribution in [0.1, 0.15) is 5.56 Å². The molecule has 104 valence electrons. The summed E-state index contributed by atoms with van der Waals surface area (Å²) in [5.74, 6) is -0.261. The van der Waals surface area contributed by atoms with E-state index < -0.39 is 9.84 Å². The highest BCUT2D eigenvalue weighted by atomic mass is 32.2. The normalized spacial score (nSPS) is 11.7. The lowest BCUT2D eigenvalue weighted by Crippen LogP contribution is -2.07. The summed E-state index contributed by atoms with van der Waals surface area (Å²) in [6, 6.07) is 7.97. The second kappa shape index (κ2) is 6.02. The average molecular weight is 307 g/mol. The summed E-state index contributed by atoms with van der Waals surface area (Å²) < 4.78 is 22.6. The molecule has 0 aliphatic carbocycles. The monoisotopic (exact) mass is 307 g/mol. The fourth-order valence-corrected chi connectivity index (χ4v) is 2.77. The van der Waals surface area contributed by atoms with Gasteiger partial charge in [0, 0.05) is 18.0 Å². The molecule has 0 bridgehead atoms. The molecule has 4 nitrogen and oxygen atoms in total. The molecule has 0 saturated carbocycles. The summed E-state index contributed by atoms with van der Waals surface area (Å²) in [4.78, 5) is 11.9. The van der Waals surface area contributed by atoms with Crippen molar-refractivity contribution in [2.24, 2.45) is 0 Å². The van der Waals surface area contributed by atoms with Gasteiger partial charge < -0.3 is 5.32 Å². The quantitative estimate of drug-likeness (QED) is 0.883. The first-order chi connectivity index (χ1) is 9.45. The number of hydrogen-bond donors (Lipinski definition) is 1. The zero-order valence-corrected chi connectivity index (χ0v) is 12.4. The van der Waals surface area contributed by atoms with E-state index in [0.29, 0.717) is 5.69 Å². The second-order valence-corrected chi connectivity index (χ2v) is 6.97. The number of rotatable bonds is 4. The van der Waals surface area contributed by atoms with Crippen LogP contribution in [0.3, 0.4) is 0 Å². The molecule has 6 heteroatoms. The molecule has 0 spiro atoms. The Hall–Kier alpha value is -1.92. The average Bonchev–Trinajstić information content (AvgIpc) is 2.89. The van der Waals surface area contributed by atoms with Gasteiger partial charge in [0.05, 0.1) is 4.90 Å². The van der Waals surface area contributed by atoms with E-state index in [1.807, 2.05) is 16.8 Å². The molecule has 1 heterocycles. The SMILES string of the molecule is CS(=O)(=O)c1ccc(NC(=O)/C=C/c2ccsc2)cc1. The Morgan fingerprint density at radius 1 is 1.20 bits per heavy atom. The summed E-state index contributed by atoms with van der Waals surface area (Å²) in [5, 5.41) is 6.53. The second-order valence-electron chi connectivity index (χ2n) is 4.18. The third-order valence-electron chi connectivity index (χ3n) is 2.52. The number of carbonyl (C=O) groups is 1. The number of amides is 1. The van der Waals surface area contributed by atoms with Crippen molar-refractivity contribution in [3.05, 3.63) is 52.7 Å². The molecule has 20 heavy (non-hydrogen) atoms. The topological polar surface area (TPSA) is 63.2 Å². The number of thiophene rings is 1. The van der Waals surface area contributed by atoms with E-state index in [2.05, 4.69) is 5.32 Å². The number of nitrogens with one attached hydrogen (secondary N) is 1. The minimum absolute atomic E-state index is 0.226. The zero-order valence-electron chi connectivity index (χ0n) is 10.7. The van der Waals surface area contributed by atoms with Crippen LogP contribution in [0.25, 0.3) is 6.08 Å². The van der Waals surface area contributed by atoms with Crippen LogP contribution in [0.4, 0.5) is 5.69 Å².